The third-order valence-electron chi connectivity index (χ3n) is 5.75. The summed E-state index contributed by atoms with van der Waals surface area (Å²) < 4.78 is 5.29. The van der Waals surface area contributed by atoms with Crippen LogP contribution in [-0.4, -0.2) is 62.0 Å². The molecule has 0 aliphatic carbocycles. The maximum absolute atomic E-state index is 12.7. The van der Waals surface area contributed by atoms with Crippen LogP contribution in [0.2, 0.25) is 0 Å². The Labute approximate surface area is 181 Å². The third kappa shape index (κ3) is 4.63. The van der Waals surface area contributed by atoms with E-state index < -0.39 is 6.04 Å². The van der Waals surface area contributed by atoms with Gasteiger partial charge >= 0.3 is 0 Å². The van der Waals surface area contributed by atoms with Gasteiger partial charge in [-0.2, -0.15) is 0 Å². The molecule has 0 saturated carbocycles. The number of para-hydroxylation sites is 1. The summed E-state index contributed by atoms with van der Waals surface area (Å²) in [6, 6.07) is 14.0. The van der Waals surface area contributed by atoms with E-state index in [9.17, 15) is 14.4 Å². The van der Waals surface area contributed by atoms with Gasteiger partial charge in [-0.1, -0.05) is 18.2 Å². The van der Waals surface area contributed by atoms with Crippen molar-refractivity contribution in [3.63, 3.8) is 0 Å². The topological polar surface area (TPSA) is 91.0 Å². The van der Waals surface area contributed by atoms with E-state index in [2.05, 4.69) is 15.5 Å². The van der Waals surface area contributed by atoms with Gasteiger partial charge in [0.15, 0.2) is 0 Å². The predicted octanol–water partition coefficient (Wildman–Crippen LogP) is 1.87. The lowest BCUT2D eigenvalue weighted by atomic mass is 10.1. The summed E-state index contributed by atoms with van der Waals surface area (Å²) in [5.41, 5.74) is 2.00. The number of hydrogen-bond acceptors (Lipinski definition) is 5. The molecule has 0 bridgehead atoms. The normalized spacial score (nSPS) is 18.5. The van der Waals surface area contributed by atoms with Crippen LogP contribution in [-0.2, 0) is 9.59 Å². The lowest BCUT2D eigenvalue weighted by Crippen LogP contribution is -2.49. The summed E-state index contributed by atoms with van der Waals surface area (Å²) >= 11 is 0. The molecule has 1 atom stereocenters. The van der Waals surface area contributed by atoms with Crippen molar-refractivity contribution >= 4 is 29.1 Å². The van der Waals surface area contributed by atoms with Gasteiger partial charge in [-0.25, -0.2) is 0 Å². The van der Waals surface area contributed by atoms with Gasteiger partial charge in [0.1, 0.15) is 11.8 Å². The summed E-state index contributed by atoms with van der Waals surface area (Å²) in [4.78, 5) is 41.7. The van der Waals surface area contributed by atoms with Crippen LogP contribution >= 0.6 is 0 Å². The predicted molar refractivity (Wildman–Crippen MR) is 117 cm³/mol. The quantitative estimate of drug-likeness (QED) is 0.768. The largest absolute Gasteiger partial charge is 0.497 e. The van der Waals surface area contributed by atoms with Crippen LogP contribution in [0.25, 0.3) is 0 Å². The summed E-state index contributed by atoms with van der Waals surface area (Å²) in [6.07, 6.45) is 0.467. The van der Waals surface area contributed by atoms with Gasteiger partial charge in [0.25, 0.3) is 5.91 Å². The Morgan fingerprint density at radius 3 is 2.61 bits per heavy atom. The fraction of sp³-hybridized carbons (Fsp3) is 0.348. The molecule has 0 spiro atoms. The van der Waals surface area contributed by atoms with Gasteiger partial charge in [-0.15, -0.1) is 0 Å². The number of rotatable bonds is 5. The third-order valence-corrected chi connectivity index (χ3v) is 5.75. The molecule has 2 aromatic rings. The van der Waals surface area contributed by atoms with Gasteiger partial charge in [-0.3, -0.25) is 14.4 Å². The van der Waals surface area contributed by atoms with Gasteiger partial charge in [0, 0.05) is 44.4 Å². The zero-order valence-electron chi connectivity index (χ0n) is 17.5. The number of fused-ring (bicyclic) bond motifs is 1. The molecule has 0 radical (unpaired) electrons. The molecule has 162 valence electrons. The second-order valence-electron chi connectivity index (χ2n) is 7.67. The number of nitrogens with zero attached hydrogens (tertiary/aromatic N) is 2. The number of ether oxygens (including phenoxy) is 1. The number of nitrogens with one attached hydrogen (secondary N) is 2. The highest BCUT2D eigenvalue weighted by atomic mass is 16.5. The van der Waals surface area contributed by atoms with Crippen LogP contribution in [0.4, 0.5) is 11.4 Å². The van der Waals surface area contributed by atoms with Crippen LogP contribution in [0.15, 0.2) is 48.5 Å². The summed E-state index contributed by atoms with van der Waals surface area (Å²) in [7, 11) is 1.64. The first-order chi connectivity index (χ1) is 15.0. The minimum Gasteiger partial charge on any atom is -0.497 e. The van der Waals surface area contributed by atoms with Crippen molar-refractivity contribution in [3.8, 4) is 5.75 Å². The second kappa shape index (κ2) is 9.07. The average Bonchev–Trinajstić information content (AvgIpc) is 2.93. The molecule has 2 aliphatic rings. The smallest absolute Gasteiger partial charge is 0.254 e. The van der Waals surface area contributed by atoms with Crippen LogP contribution < -0.4 is 20.3 Å². The molecular formula is C23H26N4O4. The van der Waals surface area contributed by atoms with Crippen molar-refractivity contribution in [3.05, 3.63) is 54.1 Å². The number of amides is 3. The monoisotopic (exact) mass is 422 g/mol. The van der Waals surface area contributed by atoms with Crippen molar-refractivity contribution in [2.24, 2.45) is 0 Å². The van der Waals surface area contributed by atoms with Crippen LogP contribution in [0.3, 0.4) is 0 Å². The van der Waals surface area contributed by atoms with E-state index in [4.69, 9.17) is 4.74 Å². The van der Waals surface area contributed by atoms with Gasteiger partial charge in [0.2, 0.25) is 11.8 Å². The van der Waals surface area contributed by atoms with Crippen LogP contribution in [0.1, 0.15) is 23.2 Å². The highest BCUT2D eigenvalue weighted by Crippen LogP contribution is 2.23. The number of methoxy groups -OCH3 is 1. The first-order valence-electron chi connectivity index (χ1n) is 10.4. The Morgan fingerprint density at radius 2 is 1.84 bits per heavy atom. The standard InChI is InChI=1S/C23H26N4O4/c1-31-17-6-4-5-16(15-17)26-11-13-27(14-12-26)21(28)10-9-20-23(30)24-19-8-3-2-7-18(19)22(29)25-20/h2-8,15,20H,9-14H2,1H3,(H,24,30)(H,25,29)/t20-/m1/s1. The van der Waals surface area contributed by atoms with Crippen molar-refractivity contribution in [1.29, 1.82) is 0 Å². The molecule has 4 rings (SSSR count). The molecule has 31 heavy (non-hydrogen) atoms. The number of anilines is 2. The summed E-state index contributed by atoms with van der Waals surface area (Å²) in [6.45, 7) is 2.69. The zero-order chi connectivity index (χ0) is 21.8. The Morgan fingerprint density at radius 1 is 1.06 bits per heavy atom. The Hall–Kier alpha value is -3.55. The molecule has 0 aromatic heterocycles. The number of benzene rings is 2. The minimum absolute atomic E-state index is 0.00546. The lowest BCUT2D eigenvalue weighted by Gasteiger charge is -2.36. The Kier molecular flexibility index (Phi) is 6.06. The second-order valence-corrected chi connectivity index (χ2v) is 7.67. The molecule has 1 saturated heterocycles. The first kappa shape index (κ1) is 20.7. The van der Waals surface area contributed by atoms with E-state index in [1.165, 1.54) is 0 Å². The number of carbonyl (C=O) groups is 3. The van der Waals surface area contributed by atoms with Gasteiger partial charge in [0.05, 0.1) is 18.4 Å². The SMILES string of the molecule is COc1cccc(N2CCN(C(=O)CC[C@H]3NC(=O)c4ccccc4NC3=O)CC2)c1. The fourth-order valence-corrected chi connectivity index (χ4v) is 3.96. The first-order valence-corrected chi connectivity index (χ1v) is 10.4. The molecule has 2 aromatic carbocycles. The maximum Gasteiger partial charge on any atom is 0.254 e. The molecule has 3 amide bonds. The minimum atomic E-state index is -0.734. The van der Waals surface area contributed by atoms with E-state index in [0.717, 1.165) is 24.5 Å². The highest BCUT2D eigenvalue weighted by molar-refractivity contribution is 6.09. The number of hydrogen-bond donors (Lipinski definition) is 2. The molecule has 8 nitrogen and oxygen atoms in total. The maximum atomic E-state index is 12.7. The molecule has 8 heteroatoms. The van der Waals surface area contributed by atoms with Crippen molar-refractivity contribution < 1.29 is 19.1 Å². The van der Waals surface area contributed by atoms with E-state index in [0.29, 0.717) is 24.3 Å². The van der Waals surface area contributed by atoms with E-state index in [-0.39, 0.29) is 30.6 Å². The average molecular weight is 422 g/mol. The number of piperazine rings is 1. The highest BCUT2D eigenvalue weighted by Gasteiger charge is 2.29. The molecule has 2 aliphatic heterocycles. The molecule has 2 N–H and O–H groups in total. The summed E-state index contributed by atoms with van der Waals surface area (Å²) in [5, 5.41) is 5.52. The zero-order valence-corrected chi connectivity index (χ0v) is 17.5. The van der Waals surface area contributed by atoms with Crippen molar-refractivity contribution in [1.82, 2.24) is 10.2 Å². The van der Waals surface area contributed by atoms with E-state index in [1.54, 1.807) is 31.4 Å². The fourth-order valence-electron chi connectivity index (χ4n) is 3.96. The van der Waals surface area contributed by atoms with Crippen molar-refractivity contribution in [2.75, 3.05) is 43.5 Å². The van der Waals surface area contributed by atoms with Gasteiger partial charge < -0.3 is 25.2 Å². The Bertz CT molecular complexity index is 985. The van der Waals surface area contributed by atoms with Crippen molar-refractivity contribution in [2.45, 2.75) is 18.9 Å². The molecule has 1 fully saturated rings. The number of carbonyl (C=O) groups excluding carboxylic acids is 3. The van der Waals surface area contributed by atoms with Crippen LogP contribution in [0.5, 0.6) is 5.75 Å². The van der Waals surface area contributed by atoms with E-state index in [1.807, 2.05) is 29.2 Å². The summed E-state index contributed by atoms with van der Waals surface area (Å²) in [5.74, 6) is 0.197. The molecule has 0 unspecified atom stereocenters. The molecule has 2 heterocycles. The lowest BCUT2D eigenvalue weighted by molar-refractivity contribution is -0.131. The molecular weight excluding hydrogens is 396 g/mol. The van der Waals surface area contributed by atoms with Crippen LogP contribution in [0, 0.1) is 0 Å². The van der Waals surface area contributed by atoms with Gasteiger partial charge in [-0.05, 0) is 30.7 Å². The van der Waals surface area contributed by atoms with E-state index >= 15 is 0 Å². The Balaban J connectivity index is 1.30.